The molecular weight excluding hydrogens is 366 g/mol. The third-order valence-corrected chi connectivity index (χ3v) is 4.10. The second-order valence-electron chi connectivity index (χ2n) is 6.12. The van der Waals surface area contributed by atoms with Gasteiger partial charge in [0.05, 0.1) is 6.54 Å². The number of nitrogens with one attached hydrogen (secondary N) is 2. The number of amides is 3. The normalized spacial score (nSPS) is 10.2. The molecule has 6 nitrogen and oxygen atoms in total. The van der Waals surface area contributed by atoms with Crippen LogP contribution in [0.2, 0.25) is 5.02 Å². The summed E-state index contributed by atoms with van der Waals surface area (Å²) < 4.78 is 0. The zero-order valence-electron chi connectivity index (χ0n) is 15.3. The van der Waals surface area contributed by atoms with Gasteiger partial charge in [0.1, 0.15) is 0 Å². The summed E-state index contributed by atoms with van der Waals surface area (Å²) in [6.45, 7) is 3.27. The van der Waals surface area contributed by atoms with Crippen molar-refractivity contribution in [1.82, 2.24) is 4.90 Å². The van der Waals surface area contributed by atoms with E-state index in [4.69, 9.17) is 11.6 Å². The standard InChI is InChI=1S/C20H22ClN3O3/c1-14(25)22-18-7-9-19(10-8-18)23-20(27)13-24(15(2)26)12-11-16-3-5-17(21)6-4-16/h3-10H,11-13H2,1-2H3,(H,22,25)(H,23,27). The van der Waals surface area contributed by atoms with Gasteiger partial charge in [-0.2, -0.15) is 0 Å². The monoisotopic (exact) mass is 387 g/mol. The third-order valence-electron chi connectivity index (χ3n) is 3.85. The van der Waals surface area contributed by atoms with Crippen LogP contribution in [0.4, 0.5) is 11.4 Å². The molecule has 0 aromatic heterocycles. The van der Waals surface area contributed by atoms with Crippen LogP contribution in [0, 0.1) is 0 Å². The van der Waals surface area contributed by atoms with E-state index in [1.807, 2.05) is 12.1 Å². The summed E-state index contributed by atoms with van der Waals surface area (Å²) in [5.41, 5.74) is 2.28. The van der Waals surface area contributed by atoms with Crippen molar-refractivity contribution in [3.05, 3.63) is 59.1 Å². The molecular formula is C20H22ClN3O3. The first-order valence-corrected chi connectivity index (χ1v) is 8.89. The lowest BCUT2D eigenvalue weighted by atomic mass is 10.1. The Balaban J connectivity index is 1.89. The second kappa shape index (κ2) is 9.73. The number of carbonyl (C=O) groups excluding carboxylic acids is 3. The second-order valence-corrected chi connectivity index (χ2v) is 6.56. The first-order valence-electron chi connectivity index (χ1n) is 8.51. The molecule has 2 N–H and O–H groups in total. The molecule has 142 valence electrons. The summed E-state index contributed by atoms with van der Waals surface area (Å²) in [4.78, 5) is 36.6. The fraction of sp³-hybridized carbons (Fsp3) is 0.250. The Morgan fingerprint density at radius 1 is 0.889 bits per heavy atom. The van der Waals surface area contributed by atoms with E-state index in [0.29, 0.717) is 29.4 Å². The highest BCUT2D eigenvalue weighted by Crippen LogP contribution is 2.14. The zero-order chi connectivity index (χ0) is 19.8. The van der Waals surface area contributed by atoms with Gasteiger partial charge in [0, 0.05) is 36.8 Å². The Labute approximate surface area is 163 Å². The van der Waals surface area contributed by atoms with Crippen LogP contribution in [0.15, 0.2) is 48.5 Å². The van der Waals surface area contributed by atoms with Gasteiger partial charge in [-0.3, -0.25) is 14.4 Å². The highest BCUT2D eigenvalue weighted by Gasteiger charge is 2.14. The molecule has 0 radical (unpaired) electrons. The van der Waals surface area contributed by atoms with Gasteiger partial charge >= 0.3 is 0 Å². The molecule has 7 heteroatoms. The van der Waals surface area contributed by atoms with Crippen LogP contribution >= 0.6 is 11.6 Å². The Kier molecular flexibility index (Phi) is 7.37. The first kappa shape index (κ1) is 20.5. The topological polar surface area (TPSA) is 78.5 Å². The molecule has 0 spiro atoms. The van der Waals surface area contributed by atoms with Gasteiger partial charge in [0.15, 0.2) is 0 Å². The largest absolute Gasteiger partial charge is 0.333 e. The lowest BCUT2D eigenvalue weighted by Gasteiger charge is -2.20. The maximum Gasteiger partial charge on any atom is 0.243 e. The Bertz CT molecular complexity index is 804. The van der Waals surface area contributed by atoms with Crippen molar-refractivity contribution >= 4 is 40.7 Å². The molecule has 0 aliphatic carbocycles. The summed E-state index contributed by atoms with van der Waals surface area (Å²) in [7, 11) is 0. The number of anilines is 2. The molecule has 2 rings (SSSR count). The fourth-order valence-electron chi connectivity index (χ4n) is 2.48. The number of hydrogen-bond acceptors (Lipinski definition) is 3. The van der Waals surface area contributed by atoms with E-state index in [1.54, 1.807) is 36.4 Å². The summed E-state index contributed by atoms with van der Waals surface area (Å²) in [5, 5.41) is 6.06. The van der Waals surface area contributed by atoms with Crippen molar-refractivity contribution < 1.29 is 14.4 Å². The SMILES string of the molecule is CC(=O)Nc1ccc(NC(=O)CN(CCc2ccc(Cl)cc2)C(C)=O)cc1. The van der Waals surface area contributed by atoms with Crippen molar-refractivity contribution in [2.24, 2.45) is 0 Å². The van der Waals surface area contributed by atoms with Crippen LogP contribution in [-0.2, 0) is 20.8 Å². The van der Waals surface area contributed by atoms with E-state index in [2.05, 4.69) is 10.6 Å². The molecule has 0 fully saturated rings. The van der Waals surface area contributed by atoms with Crippen LogP contribution in [0.3, 0.4) is 0 Å². The van der Waals surface area contributed by atoms with Crippen LogP contribution in [0.5, 0.6) is 0 Å². The smallest absolute Gasteiger partial charge is 0.243 e. The van der Waals surface area contributed by atoms with E-state index < -0.39 is 0 Å². The first-order chi connectivity index (χ1) is 12.8. The van der Waals surface area contributed by atoms with Crippen molar-refractivity contribution in [3.8, 4) is 0 Å². The zero-order valence-corrected chi connectivity index (χ0v) is 16.0. The van der Waals surface area contributed by atoms with E-state index >= 15 is 0 Å². The van der Waals surface area contributed by atoms with E-state index in [-0.39, 0.29) is 24.3 Å². The maximum absolute atomic E-state index is 12.3. The maximum atomic E-state index is 12.3. The molecule has 0 atom stereocenters. The molecule has 2 aromatic rings. The van der Waals surface area contributed by atoms with Crippen LogP contribution in [0.25, 0.3) is 0 Å². The summed E-state index contributed by atoms with van der Waals surface area (Å²) in [5.74, 6) is -0.613. The van der Waals surface area contributed by atoms with Crippen LogP contribution in [0.1, 0.15) is 19.4 Å². The Morgan fingerprint density at radius 2 is 1.44 bits per heavy atom. The average molecular weight is 388 g/mol. The predicted octanol–water partition coefficient (Wildman–Crippen LogP) is 3.33. The van der Waals surface area contributed by atoms with Gasteiger partial charge in [0.2, 0.25) is 17.7 Å². The lowest BCUT2D eigenvalue weighted by Crippen LogP contribution is -2.38. The summed E-state index contributed by atoms with van der Waals surface area (Å²) in [6, 6.07) is 14.2. The number of hydrogen-bond donors (Lipinski definition) is 2. The molecule has 0 unspecified atom stereocenters. The lowest BCUT2D eigenvalue weighted by molar-refractivity contribution is -0.132. The summed E-state index contributed by atoms with van der Waals surface area (Å²) in [6.07, 6.45) is 0.634. The number of benzene rings is 2. The molecule has 0 heterocycles. The van der Waals surface area contributed by atoms with E-state index in [0.717, 1.165) is 5.56 Å². The molecule has 27 heavy (non-hydrogen) atoms. The minimum Gasteiger partial charge on any atom is -0.333 e. The number of carbonyl (C=O) groups is 3. The predicted molar refractivity (Wildman–Crippen MR) is 107 cm³/mol. The Hall–Kier alpha value is -2.86. The number of rotatable bonds is 7. The van der Waals surface area contributed by atoms with Crippen molar-refractivity contribution in [2.45, 2.75) is 20.3 Å². The summed E-state index contributed by atoms with van der Waals surface area (Å²) >= 11 is 5.87. The van der Waals surface area contributed by atoms with Gasteiger partial charge in [-0.05, 0) is 48.4 Å². The van der Waals surface area contributed by atoms with Gasteiger partial charge in [-0.1, -0.05) is 23.7 Å². The number of nitrogens with zero attached hydrogens (tertiary/aromatic N) is 1. The molecule has 3 amide bonds. The van der Waals surface area contributed by atoms with Crippen molar-refractivity contribution in [1.29, 1.82) is 0 Å². The molecule has 0 aliphatic rings. The Morgan fingerprint density at radius 3 is 1.96 bits per heavy atom. The molecule has 0 saturated heterocycles. The molecule has 0 saturated carbocycles. The van der Waals surface area contributed by atoms with Crippen LogP contribution < -0.4 is 10.6 Å². The highest BCUT2D eigenvalue weighted by atomic mass is 35.5. The van der Waals surface area contributed by atoms with E-state index in [1.165, 1.54) is 18.7 Å². The van der Waals surface area contributed by atoms with Gasteiger partial charge in [-0.25, -0.2) is 0 Å². The minimum atomic E-state index is -0.284. The average Bonchev–Trinajstić information content (AvgIpc) is 2.61. The third kappa shape index (κ3) is 7.11. The van der Waals surface area contributed by atoms with E-state index in [9.17, 15) is 14.4 Å². The minimum absolute atomic E-state index is 0.0314. The number of halogens is 1. The molecule has 0 aliphatic heterocycles. The van der Waals surface area contributed by atoms with Gasteiger partial charge in [-0.15, -0.1) is 0 Å². The van der Waals surface area contributed by atoms with Crippen molar-refractivity contribution in [2.75, 3.05) is 23.7 Å². The fourth-order valence-corrected chi connectivity index (χ4v) is 2.60. The highest BCUT2D eigenvalue weighted by molar-refractivity contribution is 6.30. The molecule has 2 aromatic carbocycles. The quantitative estimate of drug-likeness (QED) is 0.764. The van der Waals surface area contributed by atoms with Crippen molar-refractivity contribution in [3.63, 3.8) is 0 Å². The molecule has 0 bridgehead atoms. The van der Waals surface area contributed by atoms with Gasteiger partial charge in [0.25, 0.3) is 0 Å². The van der Waals surface area contributed by atoms with Crippen LogP contribution in [-0.4, -0.2) is 35.7 Å². The van der Waals surface area contributed by atoms with Gasteiger partial charge < -0.3 is 15.5 Å².